The smallest absolute Gasteiger partial charge is 0.278 e. The second-order valence-electron chi connectivity index (χ2n) is 8.44. The quantitative estimate of drug-likeness (QED) is 0.848. The maximum absolute atomic E-state index is 13.2. The van der Waals surface area contributed by atoms with Gasteiger partial charge in [-0.1, -0.05) is 6.07 Å². The highest BCUT2D eigenvalue weighted by Crippen LogP contribution is 2.62. The number of rotatable bonds is 4. The van der Waals surface area contributed by atoms with Crippen molar-refractivity contribution in [1.29, 1.82) is 0 Å². The molecule has 4 rings (SSSR count). The number of ether oxygens (including phenoxy) is 2. The molecule has 28 heavy (non-hydrogen) atoms. The average Bonchev–Trinajstić information content (AvgIpc) is 3.08. The third-order valence-electron chi connectivity index (χ3n) is 6.42. The summed E-state index contributed by atoms with van der Waals surface area (Å²) in [6.07, 6.45) is 4.85. The van der Waals surface area contributed by atoms with Crippen LogP contribution in [0, 0.1) is 5.41 Å². The van der Waals surface area contributed by atoms with Gasteiger partial charge in [-0.05, 0) is 56.7 Å². The van der Waals surface area contributed by atoms with Crippen LogP contribution in [-0.2, 0) is 16.8 Å². The Balaban J connectivity index is 1.74. The lowest BCUT2D eigenvalue weighted by molar-refractivity contribution is -0.0230. The van der Waals surface area contributed by atoms with E-state index >= 15 is 0 Å². The Morgan fingerprint density at radius 3 is 2.54 bits per heavy atom. The van der Waals surface area contributed by atoms with Crippen LogP contribution in [0.3, 0.4) is 0 Å². The van der Waals surface area contributed by atoms with E-state index in [4.69, 9.17) is 25.2 Å². The summed E-state index contributed by atoms with van der Waals surface area (Å²) in [6, 6.07) is 5.56. The number of amidine groups is 1. The second-order valence-corrected chi connectivity index (χ2v) is 8.44. The van der Waals surface area contributed by atoms with E-state index < -0.39 is 18.2 Å². The molecule has 0 radical (unpaired) electrons. The van der Waals surface area contributed by atoms with Gasteiger partial charge >= 0.3 is 0 Å². The molecule has 1 saturated carbocycles. The summed E-state index contributed by atoms with van der Waals surface area (Å²) in [7, 11) is 1.75. The Bertz CT molecular complexity index is 819. The maximum atomic E-state index is 13.2. The van der Waals surface area contributed by atoms with Crippen molar-refractivity contribution in [2.45, 2.75) is 63.6 Å². The van der Waals surface area contributed by atoms with Crippen molar-refractivity contribution in [2.24, 2.45) is 21.1 Å². The number of alkyl halides is 2. The summed E-state index contributed by atoms with van der Waals surface area (Å²) in [5.74, 6) is -2.02. The van der Waals surface area contributed by atoms with Crippen molar-refractivity contribution in [3.05, 3.63) is 29.3 Å². The number of hydrogen-bond donors (Lipinski definition) is 1. The largest absolute Gasteiger partial charge is 0.487 e. The highest BCUT2D eigenvalue weighted by atomic mass is 19.3. The van der Waals surface area contributed by atoms with Crippen LogP contribution in [0.25, 0.3) is 0 Å². The molecule has 7 heteroatoms. The number of benzene rings is 1. The van der Waals surface area contributed by atoms with Crippen molar-refractivity contribution < 1.29 is 18.3 Å². The van der Waals surface area contributed by atoms with E-state index in [2.05, 4.69) is 0 Å². The first-order valence-electron chi connectivity index (χ1n) is 9.77. The van der Waals surface area contributed by atoms with Crippen molar-refractivity contribution in [3.8, 4) is 5.75 Å². The topological polar surface area (TPSA) is 69.2 Å². The van der Waals surface area contributed by atoms with Crippen molar-refractivity contribution in [1.82, 2.24) is 0 Å². The van der Waals surface area contributed by atoms with Gasteiger partial charge in [-0.3, -0.25) is 4.99 Å². The highest BCUT2D eigenvalue weighted by Gasteiger charge is 2.60. The van der Waals surface area contributed by atoms with Gasteiger partial charge in [-0.2, -0.15) is 0 Å². The first-order chi connectivity index (χ1) is 13.2. The molecule has 2 N–H and O–H groups in total. The third kappa shape index (κ3) is 3.00. The predicted octanol–water partition coefficient (Wildman–Crippen LogP) is 3.84. The SMILES string of the molecule is COC1CCC2(CC1)Cc1ccc(OCC(C)(F)F)cc1C21N=C(C)C(N)=N1. The van der Waals surface area contributed by atoms with Gasteiger partial charge in [-0.15, -0.1) is 0 Å². The van der Waals surface area contributed by atoms with Crippen molar-refractivity contribution in [2.75, 3.05) is 13.7 Å². The minimum atomic E-state index is -2.89. The Morgan fingerprint density at radius 1 is 1.25 bits per heavy atom. The minimum Gasteiger partial charge on any atom is -0.487 e. The molecule has 1 aromatic carbocycles. The van der Waals surface area contributed by atoms with Gasteiger partial charge < -0.3 is 15.2 Å². The third-order valence-corrected chi connectivity index (χ3v) is 6.42. The van der Waals surface area contributed by atoms with E-state index in [1.54, 1.807) is 13.2 Å². The molecule has 1 fully saturated rings. The number of nitrogens with two attached hydrogens (primary N) is 1. The summed E-state index contributed by atoms with van der Waals surface area (Å²) < 4.78 is 37.4. The first-order valence-corrected chi connectivity index (χ1v) is 9.77. The zero-order valence-electron chi connectivity index (χ0n) is 16.6. The van der Waals surface area contributed by atoms with Gasteiger partial charge in [0.05, 0.1) is 11.8 Å². The Morgan fingerprint density at radius 2 is 1.96 bits per heavy atom. The average molecular weight is 391 g/mol. The van der Waals surface area contributed by atoms with Crippen molar-refractivity contribution >= 4 is 11.5 Å². The monoisotopic (exact) mass is 391 g/mol. The van der Waals surface area contributed by atoms with Crippen LogP contribution in [0.1, 0.15) is 50.7 Å². The molecule has 3 aliphatic rings. The van der Waals surface area contributed by atoms with Crippen LogP contribution < -0.4 is 10.5 Å². The van der Waals surface area contributed by atoms with E-state index in [-0.39, 0.29) is 11.5 Å². The molecule has 0 bridgehead atoms. The molecule has 0 aromatic heterocycles. The molecule has 0 saturated heterocycles. The van der Waals surface area contributed by atoms with E-state index in [0.29, 0.717) is 11.6 Å². The fraction of sp³-hybridized carbons (Fsp3) is 0.619. The number of methoxy groups -OCH3 is 1. The summed E-state index contributed by atoms with van der Waals surface area (Å²) in [5, 5.41) is 0. The molecule has 2 aliphatic carbocycles. The summed E-state index contributed by atoms with van der Waals surface area (Å²) in [5.41, 5.74) is 8.00. The number of aliphatic imine (C=N–C) groups is 2. The Hall–Kier alpha value is -2.02. The van der Waals surface area contributed by atoms with E-state index in [0.717, 1.165) is 55.9 Å². The maximum Gasteiger partial charge on any atom is 0.278 e. The molecule has 1 aromatic rings. The van der Waals surface area contributed by atoms with Crippen molar-refractivity contribution in [3.63, 3.8) is 0 Å². The van der Waals surface area contributed by atoms with E-state index in [9.17, 15) is 8.78 Å². The molecule has 0 amide bonds. The molecule has 1 aliphatic heterocycles. The zero-order valence-corrected chi connectivity index (χ0v) is 16.6. The molecular formula is C21H27F2N3O2. The normalized spacial score (nSPS) is 31.8. The lowest BCUT2D eigenvalue weighted by Gasteiger charge is -2.44. The van der Waals surface area contributed by atoms with Gasteiger partial charge in [0.25, 0.3) is 5.92 Å². The molecule has 152 valence electrons. The lowest BCUT2D eigenvalue weighted by Crippen LogP contribution is -2.43. The standard InChI is InChI=1S/C21H27F2N3O2/c1-13-18(24)26-21(25-13)17-10-16(28-12-19(2,22)23)5-4-14(17)11-20(21)8-6-15(27-3)7-9-20/h4-5,10,15H,6-9,11-12H2,1-3H3,(H2,24,26). The van der Waals surface area contributed by atoms with Gasteiger partial charge in [0.15, 0.2) is 12.3 Å². The molecule has 5 nitrogen and oxygen atoms in total. The van der Waals surface area contributed by atoms with Crippen LogP contribution in [0.4, 0.5) is 8.78 Å². The Labute approximate surface area is 164 Å². The molecular weight excluding hydrogens is 364 g/mol. The summed E-state index contributed by atoms with van der Waals surface area (Å²) in [6.45, 7) is 2.06. The van der Waals surface area contributed by atoms with Gasteiger partial charge in [0.2, 0.25) is 0 Å². The van der Waals surface area contributed by atoms with Gasteiger partial charge in [0.1, 0.15) is 11.6 Å². The van der Waals surface area contributed by atoms with Crippen LogP contribution in [0.5, 0.6) is 5.75 Å². The van der Waals surface area contributed by atoms with E-state index in [1.165, 1.54) is 0 Å². The fourth-order valence-corrected chi connectivity index (χ4v) is 4.95. The number of nitrogens with zero attached hydrogens (tertiary/aromatic N) is 2. The van der Waals surface area contributed by atoms with Gasteiger partial charge in [0, 0.05) is 25.0 Å². The van der Waals surface area contributed by atoms with Crippen LogP contribution >= 0.6 is 0 Å². The highest BCUT2D eigenvalue weighted by molar-refractivity contribution is 6.41. The summed E-state index contributed by atoms with van der Waals surface area (Å²) in [4.78, 5) is 9.83. The predicted molar refractivity (Wildman–Crippen MR) is 104 cm³/mol. The number of halogens is 2. The molecule has 1 atom stereocenters. The minimum absolute atomic E-state index is 0.167. The number of hydrogen-bond acceptors (Lipinski definition) is 5. The van der Waals surface area contributed by atoms with Crippen LogP contribution in [0.15, 0.2) is 28.2 Å². The molecule has 2 spiro atoms. The van der Waals surface area contributed by atoms with Crippen LogP contribution in [0.2, 0.25) is 0 Å². The summed E-state index contributed by atoms with van der Waals surface area (Å²) >= 11 is 0. The second kappa shape index (κ2) is 6.51. The Kier molecular flexibility index (Phi) is 4.49. The lowest BCUT2D eigenvalue weighted by atomic mass is 9.65. The fourth-order valence-electron chi connectivity index (χ4n) is 4.95. The molecule has 1 heterocycles. The number of fused-ring (bicyclic) bond motifs is 3. The van der Waals surface area contributed by atoms with E-state index in [1.807, 2.05) is 19.1 Å². The first kappa shape index (κ1) is 19.3. The zero-order chi connectivity index (χ0) is 20.2. The molecule has 1 unspecified atom stereocenters. The van der Waals surface area contributed by atoms with Crippen LogP contribution in [-0.4, -0.2) is 37.3 Å². The van der Waals surface area contributed by atoms with Gasteiger partial charge in [-0.25, -0.2) is 13.8 Å².